The molecule has 46 heavy (non-hydrogen) atoms. The van der Waals surface area contributed by atoms with E-state index in [0.29, 0.717) is 0 Å². The Labute approximate surface area is 257 Å². The summed E-state index contributed by atoms with van der Waals surface area (Å²) in [5, 5.41) is 62.4. The smallest absolute Gasteiger partial charge is 0.344 e. The van der Waals surface area contributed by atoms with Crippen molar-refractivity contribution in [3.05, 3.63) is 33.0 Å². The first kappa shape index (κ1) is 32.2. The molecule has 0 radical (unpaired) electrons. The standard InChI is InChI=1S/C29H32O17/c1-8-16(30)18(32)20(34)28(42-8)41-7-13-17(31)19(33)21(35)29(44-13)43-12-6-10-15-14-9(26(36)46-25(15)23(12)40-4)5-11(38-2)22(39-3)24(14)45-27(10)37/h5-6,8,13,16-21,28-35H,7H2,1-4H3/t8-,13+,16-,17+,18+,19-,20+,21+,28+,29+/m0/s1. The minimum absolute atomic E-state index is 0.0269. The molecule has 2 saturated heterocycles. The summed E-state index contributed by atoms with van der Waals surface area (Å²) in [6, 6.07) is 2.59. The van der Waals surface area contributed by atoms with E-state index in [4.69, 9.17) is 42.0 Å². The van der Waals surface area contributed by atoms with E-state index in [1.54, 1.807) is 0 Å². The maximum atomic E-state index is 13.3. The molecule has 6 N–H and O–H groups in total. The van der Waals surface area contributed by atoms with Gasteiger partial charge in [0.25, 0.3) is 0 Å². The van der Waals surface area contributed by atoms with Crippen molar-refractivity contribution in [2.75, 3.05) is 27.9 Å². The molecule has 0 amide bonds. The number of methoxy groups -OCH3 is 3. The summed E-state index contributed by atoms with van der Waals surface area (Å²) in [5.74, 6) is -0.267. The number of aliphatic hydroxyl groups is 6. The maximum Gasteiger partial charge on any atom is 0.344 e. The molecule has 2 aliphatic heterocycles. The van der Waals surface area contributed by atoms with Gasteiger partial charge in [-0.3, -0.25) is 0 Å². The van der Waals surface area contributed by atoms with Crippen molar-refractivity contribution in [1.29, 1.82) is 0 Å². The van der Waals surface area contributed by atoms with Crippen LogP contribution in [0.25, 0.3) is 32.7 Å². The van der Waals surface area contributed by atoms with Crippen LogP contribution in [0.3, 0.4) is 0 Å². The molecule has 250 valence electrons. The van der Waals surface area contributed by atoms with Gasteiger partial charge < -0.3 is 72.6 Å². The Morgan fingerprint density at radius 1 is 0.652 bits per heavy atom. The first-order chi connectivity index (χ1) is 21.9. The third kappa shape index (κ3) is 5.00. The average Bonchev–Trinajstić information content (AvgIpc) is 3.04. The van der Waals surface area contributed by atoms with Gasteiger partial charge in [-0.1, -0.05) is 0 Å². The summed E-state index contributed by atoms with van der Waals surface area (Å²) in [6.07, 6.45) is -15.5. The average molecular weight is 653 g/mol. The Kier molecular flexibility index (Phi) is 8.47. The second-order valence-electron chi connectivity index (χ2n) is 10.9. The molecule has 4 aromatic rings. The number of aliphatic hydroxyl groups excluding tert-OH is 6. The predicted octanol–water partition coefficient (Wildman–Crippen LogP) is -1.45. The number of hydrogen-bond acceptors (Lipinski definition) is 17. The van der Waals surface area contributed by atoms with Gasteiger partial charge in [0.05, 0.1) is 44.8 Å². The van der Waals surface area contributed by atoms with Gasteiger partial charge >= 0.3 is 11.3 Å². The predicted molar refractivity (Wildman–Crippen MR) is 152 cm³/mol. The third-order valence-electron chi connectivity index (χ3n) is 8.26. The number of rotatable bonds is 8. The van der Waals surface area contributed by atoms with Crippen LogP contribution < -0.4 is 30.2 Å². The molecule has 17 heteroatoms. The lowest BCUT2D eigenvalue weighted by atomic mass is 9.98. The number of ether oxygens (including phenoxy) is 7. The van der Waals surface area contributed by atoms with Crippen molar-refractivity contribution in [1.82, 2.24) is 0 Å². The van der Waals surface area contributed by atoms with Crippen LogP contribution in [0.5, 0.6) is 23.0 Å². The third-order valence-corrected chi connectivity index (χ3v) is 8.26. The molecule has 0 aliphatic carbocycles. The van der Waals surface area contributed by atoms with Gasteiger partial charge in [-0.05, 0) is 19.1 Å². The molecular weight excluding hydrogens is 620 g/mol. The lowest BCUT2D eigenvalue weighted by molar-refractivity contribution is -0.318. The van der Waals surface area contributed by atoms with E-state index < -0.39 is 79.3 Å². The SMILES string of the molecule is COc1cc2c(=O)oc3c(OC)c(O[C@@H]4O[C@H](CO[C@@H]5O[C@@H](C)[C@H](O)[C@@H](O)[C@H]5O)[C@@H](O)[C@H](O)[C@H]4O)cc4c(=O)oc(c1OC)c2c34. The molecule has 2 aromatic carbocycles. The van der Waals surface area contributed by atoms with Crippen molar-refractivity contribution in [3.8, 4) is 23.0 Å². The Morgan fingerprint density at radius 3 is 1.74 bits per heavy atom. The molecular formula is C29H32O17. The van der Waals surface area contributed by atoms with Crippen LogP contribution in [-0.4, -0.2) is 120 Å². The van der Waals surface area contributed by atoms with Crippen molar-refractivity contribution >= 4 is 32.7 Å². The normalized spacial score (nSPS) is 31.9. The second-order valence-corrected chi connectivity index (χ2v) is 10.9. The molecule has 0 spiro atoms. The van der Waals surface area contributed by atoms with Gasteiger partial charge in [0.15, 0.2) is 29.0 Å². The molecule has 0 saturated carbocycles. The Balaban J connectivity index is 1.37. The Bertz CT molecular complexity index is 1850. The first-order valence-corrected chi connectivity index (χ1v) is 14.1. The fourth-order valence-corrected chi connectivity index (χ4v) is 5.78. The highest BCUT2D eigenvalue weighted by Gasteiger charge is 2.47. The summed E-state index contributed by atoms with van der Waals surface area (Å²) >= 11 is 0. The van der Waals surface area contributed by atoms with E-state index in [9.17, 15) is 40.2 Å². The van der Waals surface area contributed by atoms with E-state index in [1.807, 2.05) is 0 Å². The summed E-state index contributed by atoms with van der Waals surface area (Å²) in [6.45, 7) is 0.911. The van der Waals surface area contributed by atoms with E-state index in [-0.39, 0.29) is 55.7 Å². The second kappa shape index (κ2) is 12.1. The van der Waals surface area contributed by atoms with Crippen LogP contribution >= 0.6 is 0 Å². The van der Waals surface area contributed by atoms with Crippen LogP contribution in [0, 0.1) is 0 Å². The quantitative estimate of drug-likeness (QED) is 0.0941. The molecule has 2 aromatic heterocycles. The van der Waals surface area contributed by atoms with Crippen molar-refractivity contribution in [3.63, 3.8) is 0 Å². The maximum absolute atomic E-state index is 13.3. The zero-order valence-electron chi connectivity index (χ0n) is 24.8. The van der Waals surface area contributed by atoms with Gasteiger partial charge in [-0.15, -0.1) is 0 Å². The van der Waals surface area contributed by atoms with E-state index in [0.717, 1.165) is 0 Å². The summed E-state index contributed by atoms with van der Waals surface area (Å²) < 4.78 is 49.8. The summed E-state index contributed by atoms with van der Waals surface area (Å²) in [5.41, 5.74) is -2.00. The molecule has 10 atom stereocenters. The van der Waals surface area contributed by atoms with Gasteiger partial charge in [0.1, 0.15) is 42.7 Å². The number of hydrogen-bond donors (Lipinski definition) is 6. The van der Waals surface area contributed by atoms with Gasteiger partial charge in [-0.2, -0.15) is 0 Å². The van der Waals surface area contributed by atoms with E-state index >= 15 is 0 Å². The summed E-state index contributed by atoms with van der Waals surface area (Å²) in [4.78, 5) is 26.4. The Hall–Kier alpha value is -3.78. The van der Waals surface area contributed by atoms with Crippen LogP contribution in [0.2, 0.25) is 0 Å². The molecule has 6 rings (SSSR count). The lowest BCUT2D eigenvalue weighted by Crippen LogP contribution is -2.61. The van der Waals surface area contributed by atoms with Crippen molar-refractivity contribution in [2.45, 2.75) is 68.3 Å². The molecule has 17 nitrogen and oxygen atoms in total. The monoisotopic (exact) mass is 652 g/mol. The largest absolute Gasteiger partial charge is 0.493 e. The van der Waals surface area contributed by atoms with Crippen LogP contribution in [0.4, 0.5) is 0 Å². The molecule has 0 bridgehead atoms. The molecule has 0 unspecified atom stereocenters. The Morgan fingerprint density at radius 2 is 1.17 bits per heavy atom. The van der Waals surface area contributed by atoms with Gasteiger partial charge in [0, 0.05) is 10.8 Å². The number of benzene rings is 2. The van der Waals surface area contributed by atoms with Gasteiger partial charge in [-0.25, -0.2) is 9.59 Å². The molecule has 2 fully saturated rings. The van der Waals surface area contributed by atoms with Crippen LogP contribution in [0.15, 0.2) is 30.6 Å². The first-order valence-electron chi connectivity index (χ1n) is 14.1. The van der Waals surface area contributed by atoms with E-state index in [2.05, 4.69) is 0 Å². The molecule has 4 heterocycles. The van der Waals surface area contributed by atoms with E-state index in [1.165, 1.54) is 40.4 Å². The lowest BCUT2D eigenvalue weighted by Gasteiger charge is -2.42. The minimum atomic E-state index is -1.85. The highest BCUT2D eigenvalue weighted by atomic mass is 16.7. The van der Waals surface area contributed by atoms with Crippen LogP contribution in [-0.2, 0) is 14.2 Å². The van der Waals surface area contributed by atoms with Gasteiger partial charge in [0.2, 0.25) is 17.8 Å². The zero-order valence-corrected chi connectivity index (χ0v) is 24.8. The fraction of sp³-hybridized carbons (Fsp3) is 0.517. The highest BCUT2D eigenvalue weighted by Crippen LogP contribution is 2.46. The summed E-state index contributed by atoms with van der Waals surface area (Å²) in [7, 11) is 3.92. The topological polar surface area (TPSA) is 246 Å². The molecule has 2 aliphatic rings. The van der Waals surface area contributed by atoms with Crippen molar-refractivity contribution < 1.29 is 72.6 Å². The zero-order chi connectivity index (χ0) is 33.2. The highest BCUT2D eigenvalue weighted by molar-refractivity contribution is 6.22. The fourth-order valence-electron chi connectivity index (χ4n) is 5.78. The minimum Gasteiger partial charge on any atom is -0.493 e. The van der Waals surface area contributed by atoms with Crippen LogP contribution in [0.1, 0.15) is 6.92 Å². The van der Waals surface area contributed by atoms with Crippen molar-refractivity contribution in [2.24, 2.45) is 0 Å².